The third-order valence-corrected chi connectivity index (χ3v) is 2.48. The molecule has 0 bridgehead atoms. The van der Waals surface area contributed by atoms with Gasteiger partial charge >= 0.3 is 5.97 Å². The molecule has 1 aliphatic rings. The fourth-order valence-corrected chi connectivity index (χ4v) is 1.73. The van der Waals surface area contributed by atoms with Crippen LogP contribution in [0.2, 0.25) is 0 Å². The van der Waals surface area contributed by atoms with Crippen molar-refractivity contribution in [3.63, 3.8) is 0 Å². The van der Waals surface area contributed by atoms with Crippen LogP contribution in [0.15, 0.2) is 0 Å². The van der Waals surface area contributed by atoms with Crippen LogP contribution in [0, 0.1) is 0 Å². The second-order valence-corrected chi connectivity index (χ2v) is 3.40. The van der Waals surface area contributed by atoms with Crippen LogP contribution < -0.4 is 4.90 Å². The fraction of sp³-hybridized carbons (Fsp3) is 0.889. The Labute approximate surface area is 73.7 Å². The van der Waals surface area contributed by atoms with Gasteiger partial charge in [0.25, 0.3) is 0 Å². The van der Waals surface area contributed by atoms with E-state index in [0.29, 0.717) is 6.61 Å². The molecule has 0 aromatic rings. The topological polar surface area (TPSA) is 30.7 Å². The molecule has 1 rings (SSSR count). The van der Waals surface area contributed by atoms with E-state index < -0.39 is 0 Å². The average Bonchev–Trinajstić information content (AvgIpc) is 2.05. The highest BCUT2D eigenvalue weighted by Crippen LogP contribution is 2.03. The summed E-state index contributed by atoms with van der Waals surface area (Å²) in [6, 6.07) is 0.0960. The molecule has 0 aliphatic carbocycles. The molecule has 70 valence electrons. The molecule has 1 unspecified atom stereocenters. The van der Waals surface area contributed by atoms with Crippen molar-refractivity contribution in [2.75, 3.05) is 20.2 Å². The Morgan fingerprint density at radius 3 is 2.92 bits per heavy atom. The van der Waals surface area contributed by atoms with Gasteiger partial charge < -0.3 is 9.64 Å². The van der Waals surface area contributed by atoms with Gasteiger partial charge in [-0.25, -0.2) is 4.79 Å². The van der Waals surface area contributed by atoms with Crippen LogP contribution in [-0.4, -0.2) is 32.2 Å². The van der Waals surface area contributed by atoms with Crippen LogP contribution in [0.4, 0.5) is 0 Å². The zero-order valence-electron chi connectivity index (χ0n) is 7.93. The number of carbonyl (C=O) groups excluding carboxylic acids is 1. The number of esters is 1. The van der Waals surface area contributed by atoms with E-state index in [1.165, 1.54) is 17.7 Å². The van der Waals surface area contributed by atoms with Crippen LogP contribution in [0.5, 0.6) is 0 Å². The van der Waals surface area contributed by atoms with Crippen LogP contribution in [-0.2, 0) is 9.53 Å². The summed E-state index contributed by atoms with van der Waals surface area (Å²) in [6.45, 7) is 3.46. The molecule has 3 heteroatoms. The third kappa shape index (κ3) is 2.21. The Balaban J connectivity index is 2.42. The second kappa shape index (κ2) is 4.45. The van der Waals surface area contributed by atoms with Crippen molar-refractivity contribution in [1.29, 1.82) is 0 Å². The predicted molar refractivity (Wildman–Crippen MR) is 46.0 cm³/mol. The Bertz CT molecular complexity index is 159. The molecular weight excluding hydrogens is 154 g/mol. The van der Waals surface area contributed by atoms with Gasteiger partial charge in [0.15, 0.2) is 6.04 Å². The Morgan fingerprint density at radius 1 is 1.58 bits per heavy atom. The largest absolute Gasteiger partial charge is 0.462 e. The molecule has 1 saturated heterocycles. The number of nitrogens with one attached hydrogen (secondary N) is 1. The molecule has 1 fully saturated rings. The molecule has 0 aromatic heterocycles. The van der Waals surface area contributed by atoms with Crippen LogP contribution in [0.3, 0.4) is 0 Å². The molecule has 1 heterocycles. The van der Waals surface area contributed by atoms with Gasteiger partial charge in [-0.2, -0.15) is 0 Å². The van der Waals surface area contributed by atoms with Gasteiger partial charge in [0.2, 0.25) is 0 Å². The highest BCUT2D eigenvalue weighted by molar-refractivity contribution is 5.74. The van der Waals surface area contributed by atoms with Crippen molar-refractivity contribution in [3.05, 3.63) is 0 Å². The maximum atomic E-state index is 11.4. The van der Waals surface area contributed by atoms with Crippen molar-refractivity contribution in [2.24, 2.45) is 0 Å². The molecule has 0 radical (unpaired) electrons. The molecule has 0 saturated carbocycles. The predicted octanol–water partition coefficient (Wildman–Crippen LogP) is -0.383. The van der Waals surface area contributed by atoms with Gasteiger partial charge in [0.1, 0.15) is 0 Å². The first kappa shape index (κ1) is 9.52. The summed E-state index contributed by atoms with van der Waals surface area (Å²) in [5.41, 5.74) is 0. The SMILES string of the molecule is CCOC(=O)[C@H]1CCCC[NH+]1C. The van der Waals surface area contributed by atoms with E-state index in [4.69, 9.17) is 4.74 Å². The van der Waals surface area contributed by atoms with E-state index in [1.54, 1.807) is 0 Å². The average molecular weight is 172 g/mol. The molecule has 12 heavy (non-hydrogen) atoms. The molecular formula is C9H18NO2+. The summed E-state index contributed by atoms with van der Waals surface area (Å²) in [5, 5.41) is 0. The molecule has 0 amide bonds. The molecule has 2 atom stereocenters. The van der Waals surface area contributed by atoms with Crippen LogP contribution in [0.25, 0.3) is 0 Å². The number of likely N-dealkylation sites (N-methyl/N-ethyl adjacent to an activating group) is 1. The number of carbonyl (C=O) groups is 1. The molecule has 0 spiro atoms. The molecule has 3 nitrogen and oxygen atoms in total. The Kier molecular flexibility index (Phi) is 3.53. The van der Waals surface area contributed by atoms with E-state index >= 15 is 0 Å². The zero-order valence-corrected chi connectivity index (χ0v) is 7.93. The first-order valence-electron chi connectivity index (χ1n) is 4.74. The molecule has 1 aliphatic heterocycles. The summed E-state index contributed by atoms with van der Waals surface area (Å²) in [4.78, 5) is 12.7. The molecule has 0 aromatic carbocycles. The standard InChI is InChI=1S/C9H17NO2/c1-3-12-9(11)8-6-4-5-7-10(8)2/h8H,3-7H2,1-2H3/p+1/t8-/m1/s1. The summed E-state index contributed by atoms with van der Waals surface area (Å²) in [7, 11) is 2.07. The van der Waals surface area contributed by atoms with Gasteiger partial charge in [-0.15, -0.1) is 0 Å². The summed E-state index contributed by atoms with van der Waals surface area (Å²) in [6.07, 6.45) is 3.40. The fourth-order valence-electron chi connectivity index (χ4n) is 1.73. The Hall–Kier alpha value is -0.570. The first-order chi connectivity index (χ1) is 5.75. The van der Waals surface area contributed by atoms with E-state index in [-0.39, 0.29) is 12.0 Å². The van der Waals surface area contributed by atoms with Crippen molar-refractivity contribution in [1.82, 2.24) is 0 Å². The molecule has 1 N–H and O–H groups in total. The zero-order chi connectivity index (χ0) is 8.97. The lowest BCUT2D eigenvalue weighted by Gasteiger charge is -2.27. The number of rotatable bonds is 2. The number of piperidine rings is 1. The number of likely N-dealkylation sites (tertiary alicyclic amines) is 1. The van der Waals surface area contributed by atoms with Crippen LogP contribution in [0.1, 0.15) is 26.2 Å². The monoisotopic (exact) mass is 172 g/mol. The number of hydrogen-bond donors (Lipinski definition) is 1. The maximum Gasteiger partial charge on any atom is 0.364 e. The van der Waals surface area contributed by atoms with Gasteiger partial charge in [-0.3, -0.25) is 0 Å². The Morgan fingerprint density at radius 2 is 2.33 bits per heavy atom. The lowest BCUT2D eigenvalue weighted by atomic mass is 10.0. The van der Waals surface area contributed by atoms with E-state index in [0.717, 1.165) is 13.0 Å². The van der Waals surface area contributed by atoms with E-state index in [2.05, 4.69) is 7.05 Å². The maximum absolute atomic E-state index is 11.4. The third-order valence-electron chi connectivity index (χ3n) is 2.48. The first-order valence-corrected chi connectivity index (χ1v) is 4.74. The lowest BCUT2D eigenvalue weighted by Crippen LogP contribution is -3.15. The van der Waals surface area contributed by atoms with Crippen molar-refractivity contribution in [2.45, 2.75) is 32.2 Å². The highest BCUT2D eigenvalue weighted by Gasteiger charge is 2.30. The summed E-state index contributed by atoms with van der Waals surface area (Å²) < 4.78 is 4.99. The minimum Gasteiger partial charge on any atom is -0.462 e. The van der Waals surface area contributed by atoms with Crippen LogP contribution >= 0.6 is 0 Å². The van der Waals surface area contributed by atoms with Gasteiger partial charge in [0.05, 0.1) is 20.2 Å². The normalized spacial score (nSPS) is 29.8. The lowest BCUT2D eigenvalue weighted by molar-refractivity contribution is -0.902. The smallest absolute Gasteiger partial charge is 0.364 e. The number of hydrogen-bond acceptors (Lipinski definition) is 2. The van der Waals surface area contributed by atoms with Crippen molar-refractivity contribution >= 4 is 5.97 Å². The van der Waals surface area contributed by atoms with E-state index in [9.17, 15) is 4.79 Å². The van der Waals surface area contributed by atoms with Gasteiger partial charge in [-0.1, -0.05) is 0 Å². The minimum absolute atomic E-state index is 0.0188. The van der Waals surface area contributed by atoms with Crippen molar-refractivity contribution < 1.29 is 14.4 Å². The number of ether oxygens (including phenoxy) is 1. The summed E-state index contributed by atoms with van der Waals surface area (Å²) >= 11 is 0. The second-order valence-electron chi connectivity index (χ2n) is 3.40. The summed E-state index contributed by atoms with van der Waals surface area (Å²) in [5.74, 6) is -0.0188. The van der Waals surface area contributed by atoms with Crippen molar-refractivity contribution in [3.8, 4) is 0 Å². The quantitative estimate of drug-likeness (QED) is 0.575. The minimum atomic E-state index is -0.0188. The van der Waals surface area contributed by atoms with Gasteiger partial charge in [-0.05, 0) is 19.8 Å². The highest BCUT2D eigenvalue weighted by atomic mass is 16.5. The van der Waals surface area contributed by atoms with Gasteiger partial charge in [0, 0.05) is 6.42 Å². The van der Waals surface area contributed by atoms with E-state index in [1.807, 2.05) is 6.92 Å². The number of quaternary nitrogens is 1.